The Kier molecular flexibility index (Phi) is 5.19. The summed E-state index contributed by atoms with van der Waals surface area (Å²) < 4.78 is 2.20. The number of hydrogen-bond donors (Lipinski definition) is 1. The van der Waals surface area contributed by atoms with E-state index in [0.29, 0.717) is 21.0 Å². The number of thiophene rings is 1. The van der Waals surface area contributed by atoms with E-state index in [1.165, 1.54) is 11.3 Å². The Balaban J connectivity index is 2.31. The predicted molar refractivity (Wildman–Crippen MR) is 116 cm³/mol. The van der Waals surface area contributed by atoms with E-state index in [0.717, 1.165) is 29.1 Å². The molecule has 0 radical (unpaired) electrons. The Hall–Kier alpha value is -2.86. The second-order valence-corrected chi connectivity index (χ2v) is 7.51. The Morgan fingerprint density at radius 2 is 2.00 bits per heavy atom. The van der Waals surface area contributed by atoms with E-state index < -0.39 is 0 Å². The molecule has 0 unspecified atom stereocenters. The van der Waals surface area contributed by atoms with Crippen LogP contribution in [0.5, 0.6) is 0 Å². The van der Waals surface area contributed by atoms with Crippen molar-refractivity contribution in [2.75, 3.05) is 19.3 Å². The number of hydrogen-bond acceptors (Lipinski definition) is 5. The number of aromatic nitrogens is 2. The highest BCUT2D eigenvalue weighted by Gasteiger charge is 2.21. The quantitative estimate of drug-likeness (QED) is 0.676. The molecule has 27 heavy (non-hydrogen) atoms. The smallest absolute Gasteiger partial charge is 0.276 e. The maximum absolute atomic E-state index is 13.2. The van der Waals surface area contributed by atoms with Crippen LogP contribution in [0.1, 0.15) is 23.9 Å². The normalized spacial score (nSPS) is 11.8. The lowest BCUT2D eigenvalue weighted by atomic mass is 10.1. The molecule has 0 saturated heterocycles. The zero-order chi connectivity index (χ0) is 19.7. The van der Waals surface area contributed by atoms with Crippen molar-refractivity contribution in [3.05, 3.63) is 70.3 Å². The van der Waals surface area contributed by atoms with Gasteiger partial charge in [-0.05, 0) is 39.0 Å². The predicted octanol–water partition coefficient (Wildman–Crippen LogP) is 4.12. The summed E-state index contributed by atoms with van der Waals surface area (Å²) in [5.41, 5.74) is 10.5. The van der Waals surface area contributed by atoms with Crippen LogP contribution in [-0.2, 0) is 0 Å². The first-order chi connectivity index (χ1) is 12.9. The van der Waals surface area contributed by atoms with Gasteiger partial charge in [-0.25, -0.2) is 4.98 Å². The number of fused-ring (bicyclic) bond motifs is 1. The van der Waals surface area contributed by atoms with Gasteiger partial charge < -0.3 is 10.6 Å². The molecule has 0 aliphatic heterocycles. The molecule has 3 rings (SSSR count). The molecule has 2 heterocycles. The molecule has 0 aliphatic rings. The van der Waals surface area contributed by atoms with Gasteiger partial charge in [0.25, 0.3) is 5.56 Å². The first-order valence-corrected chi connectivity index (χ1v) is 9.63. The molecule has 6 heteroatoms. The lowest BCUT2D eigenvalue weighted by Crippen LogP contribution is -2.22. The van der Waals surface area contributed by atoms with Gasteiger partial charge >= 0.3 is 0 Å². The lowest BCUT2D eigenvalue weighted by Gasteiger charge is -2.21. The number of nitrogen functional groups attached to an aromatic ring is 1. The van der Waals surface area contributed by atoms with Crippen LogP contribution in [0.25, 0.3) is 21.6 Å². The fourth-order valence-electron chi connectivity index (χ4n) is 3.08. The van der Waals surface area contributed by atoms with Gasteiger partial charge in [0.15, 0.2) is 0 Å². The summed E-state index contributed by atoms with van der Waals surface area (Å²) in [6.45, 7) is 10.5. The Bertz CT molecular complexity index is 1090. The summed E-state index contributed by atoms with van der Waals surface area (Å²) in [7, 11) is 1.98. The van der Waals surface area contributed by atoms with Crippen LogP contribution in [0.15, 0.2) is 47.8 Å². The van der Waals surface area contributed by atoms with E-state index in [9.17, 15) is 4.79 Å². The number of aryl methyl sites for hydroxylation is 2. The molecule has 0 spiro atoms. The van der Waals surface area contributed by atoms with Gasteiger partial charge in [-0.1, -0.05) is 30.4 Å². The number of rotatable bonds is 5. The Morgan fingerprint density at radius 1 is 1.33 bits per heavy atom. The topological polar surface area (TPSA) is 64.2 Å². The molecule has 140 valence electrons. The van der Waals surface area contributed by atoms with E-state index >= 15 is 0 Å². The highest BCUT2D eigenvalue weighted by molar-refractivity contribution is 7.22. The second-order valence-electron chi connectivity index (χ2n) is 6.46. The third kappa shape index (κ3) is 3.28. The minimum atomic E-state index is -0.0959. The standard InChI is InChI=1S/C21H24N4OS/c1-6-8-16(24(5)7-2)17-18-19(27-20(17)22)21(26)25(14(4)23-18)15-11-9-13(3)10-12-15/h6,8-12H,1,7,22H2,2-5H3/b16-8+. The molecule has 2 aromatic heterocycles. The third-order valence-corrected chi connectivity index (χ3v) is 5.61. The molecule has 0 fully saturated rings. The van der Waals surface area contributed by atoms with Crippen LogP contribution in [0.2, 0.25) is 0 Å². The van der Waals surface area contributed by atoms with Crippen LogP contribution >= 0.6 is 11.3 Å². The average molecular weight is 381 g/mol. The average Bonchev–Trinajstić information content (AvgIpc) is 2.97. The molecule has 5 nitrogen and oxygen atoms in total. The summed E-state index contributed by atoms with van der Waals surface area (Å²) in [6.07, 6.45) is 3.63. The van der Waals surface area contributed by atoms with Gasteiger partial charge in [0, 0.05) is 19.3 Å². The molecule has 0 bridgehead atoms. The Morgan fingerprint density at radius 3 is 2.59 bits per heavy atom. The van der Waals surface area contributed by atoms with Gasteiger partial charge in [-0.15, -0.1) is 11.3 Å². The van der Waals surface area contributed by atoms with Gasteiger partial charge in [0.05, 0.1) is 16.3 Å². The molecule has 0 saturated carbocycles. The van der Waals surface area contributed by atoms with E-state index in [1.807, 2.05) is 51.2 Å². The largest absolute Gasteiger partial charge is 0.390 e. The van der Waals surface area contributed by atoms with E-state index in [-0.39, 0.29) is 5.56 Å². The van der Waals surface area contributed by atoms with Crippen molar-refractivity contribution in [3.8, 4) is 5.69 Å². The third-order valence-electron chi connectivity index (χ3n) is 4.61. The van der Waals surface area contributed by atoms with Crippen molar-refractivity contribution < 1.29 is 0 Å². The molecule has 0 atom stereocenters. The van der Waals surface area contributed by atoms with Crippen LogP contribution in [0.4, 0.5) is 5.00 Å². The molecule has 1 aromatic carbocycles. The lowest BCUT2D eigenvalue weighted by molar-refractivity contribution is 0.510. The highest BCUT2D eigenvalue weighted by atomic mass is 32.1. The molecule has 0 aliphatic carbocycles. The summed E-state index contributed by atoms with van der Waals surface area (Å²) in [5, 5.41) is 0.587. The van der Waals surface area contributed by atoms with Crippen LogP contribution in [0.3, 0.4) is 0 Å². The zero-order valence-electron chi connectivity index (χ0n) is 16.1. The van der Waals surface area contributed by atoms with Crippen LogP contribution in [-0.4, -0.2) is 28.0 Å². The van der Waals surface area contributed by atoms with Crippen molar-refractivity contribution in [3.63, 3.8) is 0 Å². The summed E-state index contributed by atoms with van der Waals surface area (Å²) in [5.74, 6) is 0.632. The summed E-state index contributed by atoms with van der Waals surface area (Å²) >= 11 is 1.29. The van der Waals surface area contributed by atoms with Crippen molar-refractivity contribution in [2.24, 2.45) is 0 Å². The minimum absolute atomic E-state index is 0.0959. The monoisotopic (exact) mass is 380 g/mol. The van der Waals surface area contributed by atoms with E-state index in [2.05, 4.69) is 18.4 Å². The van der Waals surface area contributed by atoms with Gasteiger partial charge in [0.2, 0.25) is 0 Å². The van der Waals surface area contributed by atoms with Gasteiger partial charge in [-0.3, -0.25) is 9.36 Å². The first-order valence-electron chi connectivity index (χ1n) is 8.81. The van der Waals surface area contributed by atoms with Gasteiger partial charge in [-0.2, -0.15) is 0 Å². The molecule has 2 N–H and O–H groups in total. The van der Waals surface area contributed by atoms with Crippen LogP contribution in [0, 0.1) is 13.8 Å². The number of benzene rings is 1. The van der Waals surface area contributed by atoms with E-state index in [4.69, 9.17) is 10.7 Å². The van der Waals surface area contributed by atoms with Crippen molar-refractivity contribution in [1.29, 1.82) is 0 Å². The van der Waals surface area contributed by atoms with Crippen molar-refractivity contribution in [1.82, 2.24) is 14.5 Å². The maximum Gasteiger partial charge on any atom is 0.276 e. The Labute approximate surface area is 163 Å². The molecular formula is C21H24N4OS. The molecule has 3 aromatic rings. The SMILES string of the molecule is C=C/C=C(\c1c(N)sc2c(=O)n(-c3ccc(C)cc3)c(C)nc12)N(C)CC. The van der Waals surface area contributed by atoms with Crippen molar-refractivity contribution >= 4 is 32.3 Å². The van der Waals surface area contributed by atoms with Crippen LogP contribution < -0.4 is 11.3 Å². The van der Waals surface area contributed by atoms with E-state index in [1.54, 1.807) is 10.6 Å². The second kappa shape index (κ2) is 7.40. The van der Waals surface area contributed by atoms with Gasteiger partial charge in [0.1, 0.15) is 16.0 Å². The summed E-state index contributed by atoms with van der Waals surface area (Å²) in [6, 6.07) is 7.84. The number of nitrogens with two attached hydrogens (primary N) is 1. The summed E-state index contributed by atoms with van der Waals surface area (Å²) in [4.78, 5) is 20.1. The fourth-order valence-corrected chi connectivity index (χ4v) is 4.03. The molecular weight excluding hydrogens is 356 g/mol. The fraction of sp³-hybridized carbons (Fsp3) is 0.238. The molecule has 0 amide bonds. The maximum atomic E-state index is 13.2. The number of allylic oxidation sites excluding steroid dienone is 2. The first kappa shape index (κ1) is 18.9. The highest BCUT2D eigenvalue weighted by Crippen LogP contribution is 2.36. The van der Waals surface area contributed by atoms with Crippen molar-refractivity contribution in [2.45, 2.75) is 20.8 Å². The minimum Gasteiger partial charge on any atom is -0.390 e. The number of anilines is 1. The zero-order valence-corrected chi connectivity index (χ0v) is 16.9. The number of nitrogens with zero attached hydrogens (tertiary/aromatic N) is 3.